The maximum absolute atomic E-state index is 6.29. The Morgan fingerprint density at radius 3 is 2.66 bits per heavy atom. The lowest BCUT2D eigenvalue weighted by Crippen LogP contribution is -2.36. The Morgan fingerprint density at radius 2 is 1.83 bits per heavy atom. The molecule has 5 heterocycles. The topological polar surface area (TPSA) is 74.5 Å². The molecule has 2 fully saturated rings. The zero-order valence-electron chi connectivity index (χ0n) is 16.6. The van der Waals surface area contributed by atoms with E-state index in [1.807, 2.05) is 36.0 Å². The number of anilines is 1. The standard InChI is InChI=1S/C21H25N5O3/c1-25-17-5-8-22-21(29-15-6-11-27-12-7-15)19(17)20(24-25)16-3-2-4-18(23-16)26-9-13-28-14-10-26/h2-5,8,15H,6-7,9-14H2,1H3. The summed E-state index contributed by atoms with van der Waals surface area (Å²) >= 11 is 0. The smallest absolute Gasteiger partial charge is 0.225 e. The predicted octanol–water partition coefficient (Wildman–Crippen LogP) is 2.42. The molecule has 0 unspecified atom stereocenters. The van der Waals surface area contributed by atoms with Crippen LogP contribution in [-0.4, -0.2) is 65.4 Å². The third-order valence-electron chi connectivity index (χ3n) is 5.49. The van der Waals surface area contributed by atoms with Crippen molar-refractivity contribution in [3.05, 3.63) is 30.5 Å². The van der Waals surface area contributed by atoms with Gasteiger partial charge in [0.1, 0.15) is 17.6 Å². The maximum Gasteiger partial charge on any atom is 0.225 e. The molecule has 152 valence electrons. The highest BCUT2D eigenvalue weighted by Crippen LogP contribution is 2.34. The molecule has 29 heavy (non-hydrogen) atoms. The molecule has 0 spiro atoms. The molecule has 3 aromatic rings. The van der Waals surface area contributed by atoms with Gasteiger partial charge in [-0.1, -0.05) is 6.07 Å². The first-order chi connectivity index (χ1) is 14.3. The highest BCUT2D eigenvalue weighted by Gasteiger charge is 2.22. The van der Waals surface area contributed by atoms with Gasteiger partial charge in [-0.2, -0.15) is 5.10 Å². The normalized spacial score (nSPS) is 18.3. The molecule has 0 radical (unpaired) electrons. The number of hydrogen-bond acceptors (Lipinski definition) is 7. The highest BCUT2D eigenvalue weighted by atomic mass is 16.5. The number of hydrogen-bond donors (Lipinski definition) is 0. The van der Waals surface area contributed by atoms with Crippen molar-refractivity contribution < 1.29 is 14.2 Å². The molecule has 8 heteroatoms. The van der Waals surface area contributed by atoms with Gasteiger partial charge >= 0.3 is 0 Å². The van der Waals surface area contributed by atoms with Crippen LogP contribution in [0.5, 0.6) is 5.88 Å². The Balaban J connectivity index is 1.54. The van der Waals surface area contributed by atoms with Gasteiger partial charge in [0, 0.05) is 39.2 Å². The quantitative estimate of drug-likeness (QED) is 0.672. The Bertz CT molecular complexity index is 993. The highest BCUT2D eigenvalue weighted by molar-refractivity contribution is 5.96. The summed E-state index contributed by atoms with van der Waals surface area (Å²) in [5.41, 5.74) is 2.60. The summed E-state index contributed by atoms with van der Waals surface area (Å²) in [6.07, 6.45) is 3.64. The molecule has 0 N–H and O–H groups in total. The number of rotatable bonds is 4. The minimum atomic E-state index is 0.113. The minimum Gasteiger partial charge on any atom is -0.474 e. The Kier molecular flexibility index (Phi) is 5.03. The van der Waals surface area contributed by atoms with E-state index in [-0.39, 0.29) is 6.10 Å². The summed E-state index contributed by atoms with van der Waals surface area (Å²) in [6.45, 7) is 4.60. The van der Waals surface area contributed by atoms with Gasteiger partial charge in [-0.3, -0.25) is 4.68 Å². The lowest BCUT2D eigenvalue weighted by Gasteiger charge is -2.28. The molecule has 2 saturated heterocycles. The van der Waals surface area contributed by atoms with Gasteiger partial charge in [-0.15, -0.1) is 0 Å². The zero-order valence-corrected chi connectivity index (χ0v) is 16.6. The van der Waals surface area contributed by atoms with Crippen LogP contribution in [0.4, 0.5) is 5.82 Å². The second-order valence-electron chi connectivity index (χ2n) is 7.39. The van der Waals surface area contributed by atoms with Crippen LogP contribution in [0, 0.1) is 0 Å². The molecule has 0 atom stereocenters. The zero-order chi connectivity index (χ0) is 19.6. The lowest BCUT2D eigenvalue weighted by atomic mass is 10.1. The third-order valence-corrected chi connectivity index (χ3v) is 5.49. The number of aromatic nitrogens is 4. The van der Waals surface area contributed by atoms with E-state index >= 15 is 0 Å². The van der Waals surface area contributed by atoms with E-state index in [4.69, 9.17) is 24.3 Å². The fourth-order valence-electron chi connectivity index (χ4n) is 3.92. The van der Waals surface area contributed by atoms with Gasteiger partial charge in [-0.25, -0.2) is 9.97 Å². The predicted molar refractivity (Wildman–Crippen MR) is 109 cm³/mol. The van der Waals surface area contributed by atoms with E-state index in [1.54, 1.807) is 6.20 Å². The van der Waals surface area contributed by atoms with E-state index in [9.17, 15) is 0 Å². The molecule has 8 nitrogen and oxygen atoms in total. The molecule has 2 aliphatic rings. The molecular weight excluding hydrogens is 370 g/mol. The van der Waals surface area contributed by atoms with Crippen LogP contribution in [-0.2, 0) is 16.5 Å². The van der Waals surface area contributed by atoms with Crippen LogP contribution in [0.3, 0.4) is 0 Å². The minimum absolute atomic E-state index is 0.113. The van der Waals surface area contributed by atoms with E-state index < -0.39 is 0 Å². The summed E-state index contributed by atoms with van der Waals surface area (Å²) in [6, 6.07) is 8.03. The first-order valence-electron chi connectivity index (χ1n) is 10.2. The average molecular weight is 395 g/mol. The molecular formula is C21H25N5O3. The Morgan fingerprint density at radius 1 is 1.03 bits per heavy atom. The summed E-state index contributed by atoms with van der Waals surface area (Å²) < 4.78 is 19.1. The van der Waals surface area contributed by atoms with Gasteiger partial charge in [0.05, 0.1) is 43.0 Å². The van der Waals surface area contributed by atoms with Gasteiger partial charge in [0.2, 0.25) is 5.88 Å². The Hall–Kier alpha value is -2.71. The van der Waals surface area contributed by atoms with Gasteiger partial charge in [0.15, 0.2) is 0 Å². The van der Waals surface area contributed by atoms with E-state index in [2.05, 4.69) is 9.88 Å². The number of nitrogens with zero attached hydrogens (tertiary/aromatic N) is 5. The fraction of sp³-hybridized carbons (Fsp3) is 0.476. The molecule has 0 aromatic carbocycles. The average Bonchev–Trinajstić information content (AvgIpc) is 3.13. The van der Waals surface area contributed by atoms with Crippen LogP contribution in [0.15, 0.2) is 30.5 Å². The van der Waals surface area contributed by atoms with Crippen molar-refractivity contribution >= 4 is 16.7 Å². The van der Waals surface area contributed by atoms with E-state index in [0.717, 1.165) is 80.5 Å². The lowest BCUT2D eigenvalue weighted by molar-refractivity contribution is 0.0244. The molecule has 2 aliphatic heterocycles. The first kappa shape index (κ1) is 18.3. The van der Waals surface area contributed by atoms with E-state index in [0.29, 0.717) is 5.88 Å². The molecule has 0 aliphatic carbocycles. The van der Waals surface area contributed by atoms with Crippen LogP contribution in [0.2, 0.25) is 0 Å². The van der Waals surface area contributed by atoms with Crippen molar-refractivity contribution in [2.45, 2.75) is 18.9 Å². The van der Waals surface area contributed by atoms with Gasteiger partial charge in [-0.05, 0) is 18.2 Å². The molecule has 0 bridgehead atoms. The number of ether oxygens (including phenoxy) is 3. The Labute approximate surface area is 169 Å². The molecule has 5 rings (SSSR count). The third kappa shape index (κ3) is 3.65. The number of pyridine rings is 2. The SMILES string of the molecule is Cn1nc(-c2cccc(N3CCOCC3)n2)c2c(OC3CCOCC3)nccc21. The molecule has 0 amide bonds. The van der Waals surface area contributed by atoms with Crippen molar-refractivity contribution in [1.29, 1.82) is 0 Å². The maximum atomic E-state index is 6.29. The van der Waals surface area contributed by atoms with Gasteiger partial charge < -0.3 is 19.1 Å². The van der Waals surface area contributed by atoms with E-state index in [1.165, 1.54) is 0 Å². The summed E-state index contributed by atoms with van der Waals surface area (Å²) in [4.78, 5) is 11.7. The summed E-state index contributed by atoms with van der Waals surface area (Å²) in [5.74, 6) is 1.57. The van der Waals surface area contributed by atoms with Crippen LogP contribution in [0.25, 0.3) is 22.3 Å². The molecule has 0 saturated carbocycles. The number of morpholine rings is 1. The second kappa shape index (κ2) is 7.96. The van der Waals surface area contributed by atoms with Gasteiger partial charge in [0.25, 0.3) is 0 Å². The second-order valence-corrected chi connectivity index (χ2v) is 7.39. The van der Waals surface area contributed by atoms with Crippen molar-refractivity contribution in [1.82, 2.24) is 19.7 Å². The number of aryl methyl sites for hydroxylation is 1. The van der Waals surface area contributed by atoms with Crippen LogP contribution < -0.4 is 9.64 Å². The van der Waals surface area contributed by atoms with Crippen molar-refractivity contribution in [2.75, 3.05) is 44.4 Å². The fourth-order valence-corrected chi connectivity index (χ4v) is 3.92. The van der Waals surface area contributed by atoms with Crippen molar-refractivity contribution in [3.8, 4) is 17.3 Å². The van der Waals surface area contributed by atoms with Crippen molar-refractivity contribution in [2.24, 2.45) is 7.05 Å². The van der Waals surface area contributed by atoms with Crippen molar-refractivity contribution in [3.63, 3.8) is 0 Å². The summed E-state index contributed by atoms with van der Waals surface area (Å²) in [5, 5.41) is 5.68. The molecule has 3 aromatic heterocycles. The van der Waals surface area contributed by atoms with Crippen LogP contribution >= 0.6 is 0 Å². The monoisotopic (exact) mass is 395 g/mol. The summed E-state index contributed by atoms with van der Waals surface area (Å²) in [7, 11) is 1.94. The first-order valence-corrected chi connectivity index (χ1v) is 10.2. The van der Waals surface area contributed by atoms with Crippen LogP contribution in [0.1, 0.15) is 12.8 Å². The largest absolute Gasteiger partial charge is 0.474 e. The number of fused-ring (bicyclic) bond motifs is 1.